The fraction of sp³-hybridized carbons (Fsp3) is 0.262. The second-order valence-electron chi connectivity index (χ2n) is 13.1. The van der Waals surface area contributed by atoms with Gasteiger partial charge in [-0.15, -0.1) is 0 Å². The Labute approximate surface area is 299 Å². The lowest BCUT2D eigenvalue weighted by Gasteiger charge is -2.41. The van der Waals surface area contributed by atoms with Crippen molar-refractivity contribution in [3.05, 3.63) is 156 Å². The Hall–Kier alpha value is -5.03. The van der Waals surface area contributed by atoms with E-state index >= 15 is 0 Å². The van der Waals surface area contributed by atoms with Gasteiger partial charge in [0.25, 0.3) is 0 Å². The quantitative estimate of drug-likeness (QED) is 0.130. The van der Waals surface area contributed by atoms with Crippen molar-refractivity contribution in [3.8, 4) is 11.5 Å². The molecule has 3 N–H and O–H groups in total. The third-order valence-electron chi connectivity index (χ3n) is 9.30. The third kappa shape index (κ3) is 9.61. The van der Waals surface area contributed by atoms with Gasteiger partial charge in [-0.1, -0.05) is 84.9 Å². The van der Waals surface area contributed by atoms with E-state index in [1.807, 2.05) is 91.0 Å². The molecule has 3 unspecified atom stereocenters. The Kier molecular flexibility index (Phi) is 11.3. The summed E-state index contributed by atoms with van der Waals surface area (Å²) in [7, 11) is 0. The molecule has 2 amide bonds. The Morgan fingerprint density at radius 2 is 1.33 bits per heavy atom. The summed E-state index contributed by atoms with van der Waals surface area (Å²) in [4.78, 5) is 18.0. The van der Waals surface area contributed by atoms with Crippen LogP contribution in [0.1, 0.15) is 41.1 Å². The number of carbonyl (C=O) groups is 1. The molecule has 9 heteroatoms. The smallest absolute Gasteiger partial charge is 0.323 e. The van der Waals surface area contributed by atoms with E-state index < -0.39 is 6.29 Å². The van der Waals surface area contributed by atoms with Crippen molar-refractivity contribution < 1.29 is 24.1 Å². The standard InChI is InChI=1S/C42H44N4O5/c47-30-32-14-16-33(17-15-32)40-27-39(29-46-24-22-45(23-25-46)28-31-8-3-1-4-9-31)50-41(51-40)34-10-7-11-36(26-34)44-42(48)43-35-18-20-38(21-19-35)49-37-12-5-2-6-13-37/h1-21,26,39-41,47H,22-25,27-30H2,(H2,43,44,48). The van der Waals surface area contributed by atoms with Gasteiger partial charge < -0.3 is 30.0 Å². The van der Waals surface area contributed by atoms with E-state index in [0.29, 0.717) is 23.5 Å². The molecule has 9 nitrogen and oxygen atoms in total. The number of hydrogen-bond donors (Lipinski definition) is 3. The van der Waals surface area contributed by atoms with Crippen LogP contribution in [0.3, 0.4) is 0 Å². The molecule has 0 radical (unpaired) electrons. The lowest BCUT2D eigenvalue weighted by Crippen LogP contribution is -2.49. The number of benzene rings is 5. The fourth-order valence-electron chi connectivity index (χ4n) is 6.58. The second kappa shape index (κ2) is 16.8. The Bertz CT molecular complexity index is 1830. The van der Waals surface area contributed by atoms with Crippen LogP contribution in [0.2, 0.25) is 0 Å². The molecule has 7 rings (SSSR count). The molecule has 2 aliphatic heterocycles. The number of anilines is 2. The van der Waals surface area contributed by atoms with Gasteiger partial charge in [-0.05, 0) is 65.2 Å². The van der Waals surface area contributed by atoms with Gasteiger partial charge in [-0.2, -0.15) is 0 Å². The summed E-state index contributed by atoms with van der Waals surface area (Å²) >= 11 is 0. The van der Waals surface area contributed by atoms with Crippen LogP contribution >= 0.6 is 0 Å². The highest BCUT2D eigenvalue weighted by Crippen LogP contribution is 2.39. The SMILES string of the molecule is O=C(Nc1ccc(Oc2ccccc2)cc1)Nc1cccc(C2OC(CN3CCN(Cc4ccccc4)CC3)CC(c3ccc(CO)cc3)O2)c1. The van der Waals surface area contributed by atoms with Crippen LogP contribution < -0.4 is 15.4 Å². The van der Waals surface area contributed by atoms with E-state index in [1.54, 1.807) is 12.1 Å². The molecular formula is C42H44N4O5. The lowest BCUT2D eigenvalue weighted by molar-refractivity contribution is -0.253. The van der Waals surface area contributed by atoms with E-state index in [2.05, 4.69) is 50.8 Å². The number of aliphatic hydroxyl groups is 1. The van der Waals surface area contributed by atoms with Crippen LogP contribution in [-0.4, -0.2) is 59.8 Å². The summed E-state index contributed by atoms with van der Waals surface area (Å²) in [5.74, 6) is 1.43. The van der Waals surface area contributed by atoms with E-state index in [4.69, 9.17) is 14.2 Å². The van der Waals surface area contributed by atoms with E-state index in [9.17, 15) is 9.90 Å². The Morgan fingerprint density at radius 1 is 0.667 bits per heavy atom. The molecule has 0 bridgehead atoms. The monoisotopic (exact) mass is 684 g/mol. The summed E-state index contributed by atoms with van der Waals surface area (Å²) in [6, 6.07) is 42.6. The average Bonchev–Trinajstić information content (AvgIpc) is 3.17. The summed E-state index contributed by atoms with van der Waals surface area (Å²) in [6.07, 6.45) is -0.141. The minimum atomic E-state index is -0.618. The van der Waals surface area contributed by atoms with Crippen molar-refractivity contribution in [2.45, 2.75) is 38.1 Å². The van der Waals surface area contributed by atoms with Gasteiger partial charge in [0, 0.05) is 62.6 Å². The maximum Gasteiger partial charge on any atom is 0.323 e. The number of aliphatic hydroxyl groups excluding tert-OH is 1. The molecule has 0 aromatic heterocycles. The molecule has 2 fully saturated rings. The number of hydrogen-bond acceptors (Lipinski definition) is 7. The first kappa shape index (κ1) is 34.4. The molecule has 5 aromatic rings. The fourth-order valence-corrected chi connectivity index (χ4v) is 6.58. The molecule has 2 heterocycles. The molecule has 2 saturated heterocycles. The van der Waals surface area contributed by atoms with Gasteiger partial charge >= 0.3 is 6.03 Å². The zero-order valence-electron chi connectivity index (χ0n) is 28.6. The summed E-state index contributed by atoms with van der Waals surface area (Å²) in [6.45, 7) is 5.74. The molecule has 262 valence electrons. The Morgan fingerprint density at radius 3 is 2.06 bits per heavy atom. The minimum Gasteiger partial charge on any atom is -0.457 e. The lowest BCUT2D eigenvalue weighted by atomic mass is 9.99. The maximum absolute atomic E-state index is 13.0. The van der Waals surface area contributed by atoms with Crippen molar-refractivity contribution in [1.29, 1.82) is 0 Å². The molecule has 0 spiro atoms. The molecule has 3 atom stereocenters. The number of urea groups is 1. The third-order valence-corrected chi connectivity index (χ3v) is 9.30. The van der Waals surface area contributed by atoms with E-state index in [1.165, 1.54) is 5.56 Å². The first-order chi connectivity index (χ1) is 25.1. The van der Waals surface area contributed by atoms with Crippen LogP contribution in [-0.2, 0) is 22.6 Å². The van der Waals surface area contributed by atoms with Gasteiger partial charge in [0.15, 0.2) is 6.29 Å². The Balaban J connectivity index is 0.987. The van der Waals surface area contributed by atoms with Gasteiger partial charge in [-0.25, -0.2) is 4.79 Å². The number of nitrogens with one attached hydrogen (secondary N) is 2. The zero-order chi connectivity index (χ0) is 34.8. The number of amides is 2. The van der Waals surface area contributed by atoms with Gasteiger partial charge in [0.2, 0.25) is 0 Å². The number of ether oxygens (including phenoxy) is 3. The highest BCUT2D eigenvalue weighted by Gasteiger charge is 2.34. The highest BCUT2D eigenvalue weighted by atomic mass is 16.7. The average molecular weight is 685 g/mol. The predicted molar refractivity (Wildman–Crippen MR) is 199 cm³/mol. The first-order valence-corrected chi connectivity index (χ1v) is 17.6. The van der Waals surface area contributed by atoms with Crippen molar-refractivity contribution >= 4 is 17.4 Å². The normalized spacial score (nSPS) is 19.7. The van der Waals surface area contributed by atoms with Gasteiger partial charge in [-0.3, -0.25) is 9.80 Å². The van der Waals surface area contributed by atoms with Crippen molar-refractivity contribution in [2.75, 3.05) is 43.4 Å². The van der Waals surface area contributed by atoms with E-state index in [0.717, 1.165) is 61.7 Å². The number of nitrogens with zero attached hydrogens (tertiary/aromatic N) is 2. The molecule has 0 aliphatic carbocycles. The minimum absolute atomic E-state index is 0.00221. The highest BCUT2D eigenvalue weighted by molar-refractivity contribution is 5.99. The summed E-state index contributed by atoms with van der Waals surface area (Å²) in [5, 5.41) is 15.4. The van der Waals surface area contributed by atoms with Crippen LogP contribution in [0.4, 0.5) is 16.2 Å². The van der Waals surface area contributed by atoms with Crippen LogP contribution in [0.15, 0.2) is 133 Å². The predicted octanol–water partition coefficient (Wildman–Crippen LogP) is 7.98. The van der Waals surface area contributed by atoms with Crippen LogP contribution in [0.25, 0.3) is 0 Å². The topological polar surface area (TPSA) is 95.5 Å². The number of para-hydroxylation sites is 1. The van der Waals surface area contributed by atoms with Crippen molar-refractivity contribution in [2.24, 2.45) is 0 Å². The molecule has 51 heavy (non-hydrogen) atoms. The van der Waals surface area contributed by atoms with Gasteiger partial charge in [0.05, 0.1) is 18.8 Å². The van der Waals surface area contributed by atoms with Crippen molar-refractivity contribution in [3.63, 3.8) is 0 Å². The first-order valence-electron chi connectivity index (χ1n) is 17.6. The number of carbonyl (C=O) groups excluding carboxylic acids is 1. The number of rotatable bonds is 11. The van der Waals surface area contributed by atoms with Crippen LogP contribution in [0, 0.1) is 0 Å². The van der Waals surface area contributed by atoms with Crippen molar-refractivity contribution in [1.82, 2.24) is 9.80 Å². The summed E-state index contributed by atoms with van der Waals surface area (Å²) < 4.78 is 19.1. The maximum atomic E-state index is 13.0. The second-order valence-corrected chi connectivity index (χ2v) is 13.1. The molecule has 2 aliphatic rings. The number of piperazine rings is 1. The molecule has 5 aromatic carbocycles. The van der Waals surface area contributed by atoms with Gasteiger partial charge in [0.1, 0.15) is 11.5 Å². The molecule has 0 saturated carbocycles. The summed E-state index contributed by atoms with van der Waals surface area (Å²) in [5.41, 5.74) is 5.34. The largest absolute Gasteiger partial charge is 0.457 e. The zero-order valence-corrected chi connectivity index (χ0v) is 28.6. The van der Waals surface area contributed by atoms with Crippen LogP contribution in [0.5, 0.6) is 11.5 Å². The van der Waals surface area contributed by atoms with E-state index in [-0.39, 0.29) is 24.8 Å². The molecular weight excluding hydrogens is 640 g/mol.